The molecule has 4 rings (SSSR count). The predicted octanol–water partition coefficient (Wildman–Crippen LogP) is 5.85. The van der Waals surface area contributed by atoms with Gasteiger partial charge in [0.1, 0.15) is 0 Å². The molecule has 4 aromatic rings. The summed E-state index contributed by atoms with van der Waals surface area (Å²) < 4.78 is 2.43. The lowest BCUT2D eigenvalue weighted by atomic mass is 10.1. The minimum absolute atomic E-state index is 0.997. The van der Waals surface area contributed by atoms with E-state index in [2.05, 4.69) is 72.3 Å². The molecule has 1 nitrogen and oxygen atoms in total. The number of nitrogens with zero attached hydrogens (tertiary/aromatic N) is 1. The molecular weight excluding hydrogens is 274 g/mol. The molecule has 104 valence electrons. The van der Waals surface area contributed by atoms with Crippen molar-refractivity contribution in [1.29, 1.82) is 0 Å². The second kappa shape index (κ2) is 4.74. The van der Waals surface area contributed by atoms with Gasteiger partial charge in [-0.1, -0.05) is 30.3 Å². The van der Waals surface area contributed by atoms with Gasteiger partial charge in [0, 0.05) is 33.2 Å². The first-order chi connectivity index (χ1) is 10.3. The maximum absolute atomic E-state index is 2.43. The number of benzene rings is 2. The normalized spacial score (nSPS) is 11.5. The molecule has 0 unspecified atom stereocenters. The van der Waals surface area contributed by atoms with Crippen molar-refractivity contribution in [3.05, 3.63) is 59.5 Å². The zero-order valence-electron chi connectivity index (χ0n) is 12.3. The van der Waals surface area contributed by atoms with Crippen molar-refractivity contribution < 1.29 is 0 Å². The van der Waals surface area contributed by atoms with E-state index < -0.39 is 0 Å². The van der Waals surface area contributed by atoms with Crippen LogP contribution in [0.4, 0.5) is 0 Å². The highest BCUT2D eigenvalue weighted by molar-refractivity contribution is 7.13. The maximum Gasteiger partial charge on any atom is 0.0497 e. The van der Waals surface area contributed by atoms with E-state index in [4.69, 9.17) is 0 Å². The molecule has 2 aromatic carbocycles. The summed E-state index contributed by atoms with van der Waals surface area (Å²) in [7, 11) is 0. The SMILES string of the molecule is CCn1c2cc(C)ccc2c2ccc(-c3cccs3)cc21. The minimum Gasteiger partial charge on any atom is -0.341 e. The van der Waals surface area contributed by atoms with Gasteiger partial charge in [-0.3, -0.25) is 0 Å². The van der Waals surface area contributed by atoms with Crippen LogP contribution in [0.25, 0.3) is 32.2 Å². The molecule has 0 radical (unpaired) electrons. The van der Waals surface area contributed by atoms with Crippen molar-refractivity contribution >= 4 is 33.1 Å². The van der Waals surface area contributed by atoms with E-state index in [1.54, 1.807) is 11.3 Å². The third kappa shape index (κ3) is 1.90. The van der Waals surface area contributed by atoms with Crippen molar-refractivity contribution in [2.24, 2.45) is 0 Å². The topological polar surface area (TPSA) is 4.93 Å². The average molecular weight is 291 g/mol. The fourth-order valence-corrected chi connectivity index (χ4v) is 3.87. The van der Waals surface area contributed by atoms with Gasteiger partial charge in [-0.25, -0.2) is 0 Å². The quantitative estimate of drug-likeness (QED) is 0.436. The lowest BCUT2D eigenvalue weighted by molar-refractivity contribution is 0.827. The predicted molar refractivity (Wildman–Crippen MR) is 93.2 cm³/mol. The first-order valence-corrected chi connectivity index (χ1v) is 8.22. The van der Waals surface area contributed by atoms with E-state index in [1.807, 2.05) is 0 Å². The van der Waals surface area contributed by atoms with Gasteiger partial charge in [0.25, 0.3) is 0 Å². The third-order valence-electron chi connectivity index (χ3n) is 4.14. The highest BCUT2D eigenvalue weighted by Gasteiger charge is 2.11. The van der Waals surface area contributed by atoms with Crippen LogP contribution in [-0.2, 0) is 6.54 Å². The standard InChI is InChI=1S/C19H17NS/c1-3-20-17-11-13(2)6-8-15(17)16-9-7-14(12-18(16)20)19-5-4-10-21-19/h4-12H,3H2,1-2H3. The Kier molecular flexibility index (Phi) is 2.86. The van der Waals surface area contributed by atoms with Crippen LogP contribution in [-0.4, -0.2) is 4.57 Å². The highest BCUT2D eigenvalue weighted by atomic mass is 32.1. The smallest absolute Gasteiger partial charge is 0.0497 e. The molecule has 0 bridgehead atoms. The Balaban J connectivity index is 2.09. The Hall–Kier alpha value is -2.06. The van der Waals surface area contributed by atoms with Gasteiger partial charge < -0.3 is 4.57 Å². The molecule has 0 N–H and O–H groups in total. The lowest BCUT2D eigenvalue weighted by Gasteiger charge is -2.04. The van der Waals surface area contributed by atoms with Crippen molar-refractivity contribution in [3.63, 3.8) is 0 Å². The third-order valence-corrected chi connectivity index (χ3v) is 5.06. The van der Waals surface area contributed by atoms with E-state index in [-0.39, 0.29) is 0 Å². The summed E-state index contributed by atoms with van der Waals surface area (Å²) in [5.74, 6) is 0. The molecule has 0 amide bonds. The molecule has 0 aliphatic carbocycles. The van der Waals surface area contributed by atoms with Crippen molar-refractivity contribution in [3.8, 4) is 10.4 Å². The number of aryl methyl sites for hydroxylation is 2. The molecule has 21 heavy (non-hydrogen) atoms. The Labute approximate surface area is 128 Å². The Morgan fingerprint density at radius 2 is 1.71 bits per heavy atom. The second-order valence-corrected chi connectivity index (χ2v) is 6.42. The molecule has 2 heterocycles. The van der Waals surface area contributed by atoms with E-state index >= 15 is 0 Å². The molecule has 2 aromatic heterocycles. The minimum atomic E-state index is 0.997. The Bertz CT molecular complexity index is 929. The number of hydrogen-bond acceptors (Lipinski definition) is 1. The lowest BCUT2D eigenvalue weighted by Crippen LogP contribution is -1.93. The van der Waals surface area contributed by atoms with Crippen LogP contribution < -0.4 is 0 Å². The molecule has 0 saturated carbocycles. The fraction of sp³-hybridized carbons (Fsp3) is 0.158. The second-order valence-electron chi connectivity index (χ2n) is 5.47. The van der Waals surface area contributed by atoms with Gasteiger partial charge in [0.2, 0.25) is 0 Å². The molecule has 0 atom stereocenters. The van der Waals surface area contributed by atoms with Gasteiger partial charge >= 0.3 is 0 Å². The Morgan fingerprint density at radius 1 is 0.952 bits per heavy atom. The Morgan fingerprint density at radius 3 is 2.43 bits per heavy atom. The van der Waals surface area contributed by atoms with Crippen LogP contribution in [0.3, 0.4) is 0 Å². The first kappa shape index (κ1) is 12.7. The zero-order chi connectivity index (χ0) is 14.4. The largest absolute Gasteiger partial charge is 0.341 e. The molecule has 0 aliphatic rings. The number of hydrogen-bond donors (Lipinski definition) is 0. The molecule has 0 saturated heterocycles. The summed E-state index contributed by atoms with van der Waals surface area (Å²) in [6, 6.07) is 17.9. The summed E-state index contributed by atoms with van der Waals surface area (Å²) in [6.07, 6.45) is 0. The fourth-order valence-electron chi connectivity index (χ4n) is 3.14. The molecule has 0 fully saturated rings. The van der Waals surface area contributed by atoms with Crippen LogP contribution in [0.2, 0.25) is 0 Å². The van der Waals surface area contributed by atoms with Gasteiger partial charge in [0.05, 0.1) is 0 Å². The van der Waals surface area contributed by atoms with Crippen LogP contribution in [0.15, 0.2) is 53.9 Å². The van der Waals surface area contributed by atoms with Crippen molar-refractivity contribution in [1.82, 2.24) is 4.57 Å². The van der Waals surface area contributed by atoms with Crippen LogP contribution in [0.1, 0.15) is 12.5 Å². The number of thiophene rings is 1. The molecular formula is C19H17NS. The summed E-state index contributed by atoms with van der Waals surface area (Å²) >= 11 is 1.80. The average Bonchev–Trinajstić information content (AvgIpc) is 3.12. The van der Waals surface area contributed by atoms with Gasteiger partial charge in [-0.2, -0.15) is 0 Å². The van der Waals surface area contributed by atoms with Gasteiger partial charge in [-0.05, 0) is 48.6 Å². The van der Waals surface area contributed by atoms with E-state index in [0.717, 1.165) is 6.54 Å². The van der Waals surface area contributed by atoms with Gasteiger partial charge in [-0.15, -0.1) is 11.3 Å². The molecule has 0 spiro atoms. The highest BCUT2D eigenvalue weighted by Crippen LogP contribution is 2.34. The zero-order valence-corrected chi connectivity index (χ0v) is 13.1. The summed E-state index contributed by atoms with van der Waals surface area (Å²) in [6.45, 7) is 5.38. The van der Waals surface area contributed by atoms with Crippen LogP contribution in [0.5, 0.6) is 0 Å². The summed E-state index contributed by atoms with van der Waals surface area (Å²) in [5, 5.41) is 4.85. The molecule has 0 aliphatic heterocycles. The van der Waals surface area contributed by atoms with Crippen LogP contribution >= 0.6 is 11.3 Å². The first-order valence-electron chi connectivity index (χ1n) is 7.34. The summed E-state index contributed by atoms with van der Waals surface area (Å²) in [5.41, 5.74) is 5.31. The number of rotatable bonds is 2. The van der Waals surface area contributed by atoms with E-state index in [9.17, 15) is 0 Å². The van der Waals surface area contributed by atoms with Crippen LogP contribution in [0, 0.1) is 6.92 Å². The maximum atomic E-state index is 2.43. The molecule has 2 heteroatoms. The number of aromatic nitrogens is 1. The summed E-state index contributed by atoms with van der Waals surface area (Å²) in [4.78, 5) is 1.33. The number of fused-ring (bicyclic) bond motifs is 3. The van der Waals surface area contributed by atoms with Crippen molar-refractivity contribution in [2.75, 3.05) is 0 Å². The van der Waals surface area contributed by atoms with Gasteiger partial charge in [0.15, 0.2) is 0 Å². The van der Waals surface area contributed by atoms with E-state index in [1.165, 1.54) is 37.8 Å². The van der Waals surface area contributed by atoms with E-state index in [0.29, 0.717) is 0 Å². The monoisotopic (exact) mass is 291 g/mol. The van der Waals surface area contributed by atoms with Crippen molar-refractivity contribution in [2.45, 2.75) is 20.4 Å².